The fourth-order valence-electron chi connectivity index (χ4n) is 2.11. The maximum absolute atomic E-state index is 4.57. The molecule has 0 saturated carbocycles. The van der Waals surface area contributed by atoms with Gasteiger partial charge in [0.1, 0.15) is 0 Å². The maximum Gasteiger partial charge on any atom is 0.228 e. The third-order valence-corrected chi connectivity index (χ3v) is 3.51. The molecule has 2 aromatic rings. The molecule has 0 bridgehead atoms. The van der Waals surface area contributed by atoms with Crippen molar-refractivity contribution in [3.63, 3.8) is 0 Å². The molecule has 0 aliphatic carbocycles. The predicted molar refractivity (Wildman–Crippen MR) is 79.1 cm³/mol. The molecule has 0 unspecified atom stereocenters. The molecule has 4 heteroatoms. The first-order valence-corrected chi connectivity index (χ1v) is 6.44. The van der Waals surface area contributed by atoms with E-state index in [1.165, 1.54) is 11.1 Å². The molecular weight excluding hydrogens is 323 g/mol. The van der Waals surface area contributed by atoms with Gasteiger partial charge in [-0.2, -0.15) is 23.8 Å². The van der Waals surface area contributed by atoms with Gasteiger partial charge in [0.25, 0.3) is 0 Å². The fourth-order valence-corrected chi connectivity index (χ4v) is 2.11. The van der Waals surface area contributed by atoms with Crippen molar-refractivity contribution in [1.82, 2.24) is 9.97 Å². The zero-order chi connectivity index (χ0) is 14.2. The van der Waals surface area contributed by atoms with Crippen LogP contribution in [0.2, 0.25) is 0 Å². The Morgan fingerprint density at radius 3 is 2.05 bits per heavy atom. The summed E-state index contributed by atoms with van der Waals surface area (Å²) in [5.74, 6) is 0.726. The zero-order valence-electron chi connectivity index (χ0n) is 13.1. The van der Waals surface area contributed by atoms with Crippen LogP contribution in [0.15, 0.2) is 12.1 Å². The van der Waals surface area contributed by atoms with Crippen molar-refractivity contribution in [3.8, 4) is 0 Å². The topological polar surface area (TPSA) is 29.0 Å². The maximum atomic E-state index is 4.57. The van der Waals surface area contributed by atoms with Crippen molar-refractivity contribution in [1.29, 1.82) is 0 Å². The van der Waals surface area contributed by atoms with Gasteiger partial charge in [0.15, 0.2) is 0 Å². The second kappa shape index (κ2) is 6.77. The largest absolute Gasteiger partial charge is 0.337 e. The first-order chi connectivity index (χ1) is 8.90. The van der Waals surface area contributed by atoms with Crippen LogP contribution in [0.25, 0.3) is 0 Å². The van der Waals surface area contributed by atoms with Gasteiger partial charge >= 0.3 is 0 Å². The van der Waals surface area contributed by atoms with E-state index in [1.54, 1.807) is 0 Å². The minimum absolute atomic E-state index is 0. The number of nitrogens with zero attached hydrogens (tertiary/aromatic N) is 3. The van der Waals surface area contributed by atoms with E-state index in [1.807, 2.05) is 31.9 Å². The van der Waals surface area contributed by atoms with Crippen molar-refractivity contribution in [3.05, 3.63) is 46.3 Å². The average Bonchev–Trinajstić information content (AvgIpc) is 2.34. The number of hydrogen-bond acceptors (Lipinski definition) is 3. The Bertz CT molecular complexity index is 600. The molecule has 0 N–H and O–H groups in total. The predicted octanol–water partition coefficient (Wildman–Crippen LogP) is 3.58. The summed E-state index contributed by atoms with van der Waals surface area (Å²) in [6.07, 6.45) is 0. The van der Waals surface area contributed by atoms with E-state index in [0.717, 1.165) is 28.6 Å². The molecule has 0 fully saturated rings. The molecule has 0 saturated heterocycles. The van der Waals surface area contributed by atoms with Gasteiger partial charge in [0.05, 0.1) is 0 Å². The molecule has 1 heterocycles. The number of anilines is 2. The van der Waals surface area contributed by atoms with Crippen molar-refractivity contribution < 1.29 is 32.7 Å². The van der Waals surface area contributed by atoms with Gasteiger partial charge in [-0.15, -0.1) is 5.56 Å². The van der Waals surface area contributed by atoms with Crippen LogP contribution in [0.5, 0.6) is 0 Å². The van der Waals surface area contributed by atoms with Gasteiger partial charge in [-0.1, -0.05) is 19.5 Å². The molecule has 0 aliphatic rings. The van der Waals surface area contributed by atoms with E-state index < -0.39 is 0 Å². The second-order valence-electron chi connectivity index (χ2n) is 5.09. The molecule has 1 aromatic heterocycles. The Morgan fingerprint density at radius 1 is 1.00 bits per heavy atom. The van der Waals surface area contributed by atoms with Gasteiger partial charge in [0, 0.05) is 51.1 Å². The van der Waals surface area contributed by atoms with E-state index in [2.05, 4.69) is 42.9 Å². The van der Waals surface area contributed by atoms with Crippen LogP contribution in [-0.4, -0.2) is 17.0 Å². The Kier molecular flexibility index (Phi) is 5.84. The summed E-state index contributed by atoms with van der Waals surface area (Å²) in [6.45, 7) is 10.3. The summed E-state index contributed by atoms with van der Waals surface area (Å²) in [6, 6.07) is 7.44. The summed E-state index contributed by atoms with van der Waals surface area (Å²) >= 11 is 0. The van der Waals surface area contributed by atoms with Crippen LogP contribution < -0.4 is 4.90 Å². The zero-order valence-corrected chi connectivity index (χ0v) is 15.9. The number of benzene rings is 1. The van der Waals surface area contributed by atoms with E-state index in [4.69, 9.17) is 0 Å². The number of aryl methyl sites for hydroxylation is 4. The van der Waals surface area contributed by atoms with Crippen molar-refractivity contribution in [2.24, 2.45) is 0 Å². The third-order valence-electron chi connectivity index (χ3n) is 3.51. The van der Waals surface area contributed by atoms with Gasteiger partial charge in [-0.3, -0.25) is 0 Å². The van der Waals surface area contributed by atoms with Gasteiger partial charge < -0.3 is 4.90 Å². The summed E-state index contributed by atoms with van der Waals surface area (Å²) in [5, 5.41) is 0. The average molecular weight is 343 g/mol. The number of aromatic nitrogens is 2. The Labute approximate surface area is 146 Å². The minimum Gasteiger partial charge on any atom is -0.337 e. The standard InChI is InChI=1S/C16H20N3.Y/c1-10-7-8-15(11(2)9-10)19(6)16-17-13(4)12(3)14(5)18-16;/h7,9H,1-6H3;/q-1;. The first kappa shape index (κ1) is 17.3. The van der Waals surface area contributed by atoms with Crippen LogP contribution >= 0.6 is 0 Å². The second-order valence-corrected chi connectivity index (χ2v) is 5.09. The molecule has 103 valence electrons. The van der Waals surface area contributed by atoms with Crippen LogP contribution in [0.4, 0.5) is 11.6 Å². The molecule has 1 aromatic carbocycles. The number of rotatable bonds is 2. The van der Waals surface area contributed by atoms with E-state index in [-0.39, 0.29) is 32.7 Å². The Balaban J connectivity index is 0.00000200. The Morgan fingerprint density at radius 2 is 1.55 bits per heavy atom. The molecule has 0 amide bonds. The summed E-state index contributed by atoms with van der Waals surface area (Å²) in [4.78, 5) is 11.1. The molecule has 0 atom stereocenters. The molecule has 3 nitrogen and oxygen atoms in total. The van der Waals surface area contributed by atoms with Crippen LogP contribution in [0.3, 0.4) is 0 Å². The quantitative estimate of drug-likeness (QED) is 0.781. The summed E-state index contributed by atoms with van der Waals surface area (Å²) in [7, 11) is 1.98. The van der Waals surface area contributed by atoms with Crippen molar-refractivity contribution >= 4 is 11.6 Å². The monoisotopic (exact) mass is 343 g/mol. The van der Waals surface area contributed by atoms with Crippen molar-refractivity contribution in [2.75, 3.05) is 11.9 Å². The minimum atomic E-state index is 0. The van der Waals surface area contributed by atoms with E-state index in [0.29, 0.717) is 0 Å². The van der Waals surface area contributed by atoms with Gasteiger partial charge in [0.2, 0.25) is 5.95 Å². The van der Waals surface area contributed by atoms with E-state index >= 15 is 0 Å². The third kappa shape index (κ3) is 3.45. The van der Waals surface area contributed by atoms with Crippen LogP contribution in [0, 0.1) is 40.7 Å². The van der Waals surface area contributed by atoms with Crippen molar-refractivity contribution in [2.45, 2.75) is 34.6 Å². The van der Waals surface area contributed by atoms with Gasteiger partial charge in [-0.05, 0) is 26.3 Å². The summed E-state index contributed by atoms with van der Waals surface area (Å²) in [5.41, 5.74) is 6.63. The Hall–Kier alpha value is -0.796. The SMILES string of the molecule is Cc1c[c-]c(N(C)c2nc(C)c(C)c(C)n2)c(C)c1.[Y]. The van der Waals surface area contributed by atoms with E-state index in [9.17, 15) is 0 Å². The van der Waals surface area contributed by atoms with Crippen LogP contribution in [-0.2, 0) is 32.7 Å². The smallest absolute Gasteiger partial charge is 0.228 e. The number of hydrogen-bond donors (Lipinski definition) is 0. The summed E-state index contributed by atoms with van der Waals surface area (Å²) < 4.78 is 0. The molecule has 2 rings (SSSR count). The normalized spacial score (nSPS) is 10.1. The molecule has 0 aliphatic heterocycles. The van der Waals surface area contributed by atoms with Gasteiger partial charge in [-0.25, -0.2) is 9.97 Å². The molecular formula is C16H20N3Y-. The molecule has 1 radical (unpaired) electrons. The fraction of sp³-hybridized carbons (Fsp3) is 0.375. The first-order valence-electron chi connectivity index (χ1n) is 6.44. The molecule has 0 spiro atoms. The molecule has 20 heavy (non-hydrogen) atoms. The van der Waals surface area contributed by atoms with Crippen LogP contribution in [0.1, 0.15) is 28.1 Å².